The quantitative estimate of drug-likeness (QED) is 0.910. The Morgan fingerprint density at radius 2 is 1.84 bits per heavy atom. The average molecular weight is 340 g/mol. The summed E-state index contributed by atoms with van der Waals surface area (Å²) in [4.78, 5) is 26.5. The van der Waals surface area contributed by atoms with Crippen molar-refractivity contribution in [1.82, 2.24) is 9.80 Å². The second kappa shape index (κ2) is 5.95. The van der Waals surface area contributed by atoms with Crippen molar-refractivity contribution in [2.45, 2.75) is 25.0 Å². The van der Waals surface area contributed by atoms with Gasteiger partial charge in [-0.15, -0.1) is 0 Å². The Morgan fingerprint density at radius 3 is 2.56 bits per heavy atom. The van der Waals surface area contributed by atoms with Crippen LogP contribution < -0.4 is 0 Å². The lowest BCUT2D eigenvalue weighted by molar-refractivity contribution is 0.00431. The first-order valence-corrected chi connectivity index (χ1v) is 8.48. The van der Waals surface area contributed by atoms with Crippen molar-refractivity contribution in [2.75, 3.05) is 19.6 Å². The van der Waals surface area contributed by atoms with E-state index in [1.54, 1.807) is 4.90 Å². The Hall–Kier alpha value is -2.76. The van der Waals surface area contributed by atoms with E-state index in [1.807, 2.05) is 18.2 Å². The lowest BCUT2D eigenvalue weighted by Gasteiger charge is -2.36. The normalized spacial score (nSPS) is 19.4. The summed E-state index contributed by atoms with van der Waals surface area (Å²) >= 11 is 0. The number of rotatable bonds is 2. The van der Waals surface area contributed by atoms with Crippen LogP contribution in [0.1, 0.15) is 18.4 Å². The molecule has 6 nitrogen and oxygen atoms in total. The molecule has 2 aromatic carbocycles. The van der Waals surface area contributed by atoms with E-state index in [-0.39, 0.29) is 6.09 Å². The van der Waals surface area contributed by atoms with E-state index in [0.29, 0.717) is 39.0 Å². The fourth-order valence-electron chi connectivity index (χ4n) is 3.74. The van der Waals surface area contributed by atoms with Gasteiger partial charge in [-0.25, -0.2) is 9.59 Å². The van der Waals surface area contributed by atoms with Gasteiger partial charge >= 0.3 is 12.2 Å². The van der Waals surface area contributed by atoms with Crippen LogP contribution in [-0.2, 0) is 11.3 Å². The molecule has 2 amide bonds. The Morgan fingerprint density at radius 1 is 1.12 bits per heavy atom. The molecule has 2 saturated heterocycles. The maximum Gasteiger partial charge on any atom is 0.410 e. The maximum atomic E-state index is 12.3. The highest BCUT2D eigenvalue weighted by Gasteiger charge is 2.47. The zero-order valence-electron chi connectivity index (χ0n) is 13.9. The summed E-state index contributed by atoms with van der Waals surface area (Å²) in [6, 6.07) is 14.3. The summed E-state index contributed by atoms with van der Waals surface area (Å²) in [5, 5.41) is 11.4. The molecule has 4 rings (SSSR count). The van der Waals surface area contributed by atoms with Crippen molar-refractivity contribution in [3.05, 3.63) is 48.0 Å². The van der Waals surface area contributed by atoms with Gasteiger partial charge in [-0.3, -0.25) is 4.90 Å². The minimum absolute atomic E-state index is 0.308. The Kier molecular flexibility index (Phi) is 3.75. The molecule has 0 aliphatic carbocycles. The van der Waals surface area contributed by atoms with Crippen LogP contribution in [0.5, 0.6) is 0 Å². The summed E-state index contributed by atoms with van der Waals surface area (Å²) in [5.41, 5.74) is 0.524. The van der Waals surface area contributed by atoms with Crippen LogP contribution in [0.25, 0.3) is 10.8 Å². The van der Waals surface area contributed by atoms with E-state index < -0.39 is 11.7 Å². The molecule has 0 aromatic heterocycles. The third-order valence-corrected chi connectivity index (χ3v) is 5.17. The summed E-state index contributed by atoms with van der Waals surface area (Å²) in [7, 11) is 0. The van der Waals surface area contributed by atoms with Crippen LogP contribution in [0.2, 0.25) is 0 Å². The summed E-state index contributed by atoms with van der Waals surface area (Å²) in [6.07, 6.45) is -0.109. The molecule has 2 fully saturated rings. The minimum atomic E-state index is -0.910. The highest BCUT2D eigenvalue weighted by Crippen LogP contribution is 2.34. The van der Waals surface area contributed by atoms with Crippen LogP contribution >= 0.6 is 0 Å². The molecule has 0 radical (unpaired) electrons. The predicted molar refractivity (Wildman–Crippen MR) is 92.4 cm³/mol. The zero-order chi connectivity index (χ0) is 17.4. The highest BCUT2D eigenvalue weighted by atomic mass is 16.6. The smallest absolute Gasteiger partial charge is 0.410 e. The number of amides is 2. The number of carbonyl (C=O) groups excluding carboxylic acids is 1. The number of hydrogen-bond acceptors (Lipinski definition) is 3. The Balaban J connectivity index is 1.46. The van der Waals surface area contributed by atoms with E-state index in [0.717, 1.165) is 10.9 Å². The number of piperidine rings is 1. The molecule has 2 aliphatic rings. The van der Waals surface area contributed by atoms with E-state index in [4.69, 9.17) is 9.84 Å². The van der Waals surface area contributed by atoms with Gasteiger partial charge in [0.1, 0.15) is 5.60 Å². The van der Waals surface area contributed by atoms with Crippen LogP contribution in [-0.4, -0.2) is 52.3 Å². The third kappa shape index (κ3) is 2.99. The number of ether oxygens (including phenoxy) is 1. The van der Waals surface area contributed by atoms with Crippen LogP contribution in [0.4, 0.5) is 9.59 Å². The lowest BCUT2D eigenvalue weighted by atomic mass is 9.91. The molecule has 0 atom stereocenters. The Labute approximate surface area is 145 Å². The molecular weight excluding hydrogens is 320 g/mol. The number of likely N-dealkylation sites (tertiary alicyclic amines) is 1. The van der Waals surface area contributed by atoms with Crippen LogP contribution in [0.15, 0.2) is 42.5 Å². The number of carbonyl (C=O) groups is 2. The van der Waals surface area contributed by atoms with Crippen molar-refractivity contribution in [3.63, 3.8) is 0 Å². The van der Waals surface area contributed by atoms with Crippen LogP contribution in [0.3, 0.4) is 0 Å². The number of hydrogen-bond donors (Lipinski definition) is 1. The molecule has 6 heteroatoms. The van der Waals surface area contributed by atoms with Crippen molar-refractivity contribution in [2.24, 2.45) is 0 Å². The predicted octanol–water partition coefficient (Wildman–Crippen LogP) is 3.30. The number of fused-ring (bicyclic) bond motifs is 1. The van der Waals surface area contributed by atoms with E-state index in [1.165, 1.54) is 10.3 Å². The van der Waals surface area contributed by atoms with Crippen molar-refractivity contribution >= 4 is 23.0 Å². The van der Waals surface area contributed by atoms with Gasteiger partial charge in [0.25, 0.3) is 0 Å². The van der Waals surface area contributed by atoms with E-state index in [9.17, 15) is 9.59 Å². The molecule has 1 spiro atoms. The first-order chi connectivity index (χ1) is 12.0. The number of benzene rings is 2. The van der Waals surface area contributed by atoms with Crippen molar-refractivity contribution in [3.8, 4) is 0 Å². The van der Waals surface area contributed by atoms with Gasteiger partial charge in [-0.2, -0.15) is 0 Å². The largest absolute Gasteiger partial charge is 0.465 e. The molecule has 1 N–H and O–H groups in total. The molecular formula is C19H20N2O4. The second-order valence-corrected chi connectivity index (χ2v) is 6.86. The maximum absolute atomic E-state index is 12.3. The zero-order valence-corrected chi connectivity index (χ0v) is 13.9. The summed E-state index contributed by atoms with van der Waals surface area (Å²) in [5.74, 6) is 0. The third-order valence-electron chi connectivity index (χ3n) is 5.17. The van der Waals surface area contributed by atoms with Gasteiger partial charge in [0, 0.05) is 32.5 Å². The molecule has 0 saturated carbocycles. The first-order valence-electron chi connectivity index (χ1n) is 8.48. The van der Waals surface area contributed by atoms with Crippen molar-refractivity contribution in [1.29, 1.82) is 0 Å². The van der Waals surface area contributed by atoms with Gasteiger partial charge in [0.05, 0.1) is 6.54 Å². The summed E-state index contributed by atoms with van der Waals surface area (Å²) < 4.78 is 5.66. The van der Waals surface area contributed by atoms with Crippen molar-refractivity contribution < 1.29 is 19.4 Å². The fourth-order valence-corrected chi connectivity index (χ4v) is 3.74. The lowest BCUT2D eigenvalue weighted by Crippen LogP contribution is -2.48. The van der Waals surface area contributed by atoms with Gasteiger partial charge < -0.3 is 14.7 Å². The highest BCUT2D eigenvalue weighted by molar-refractivity contribution is 5.83. The second-order valence-electron chi connectivity index (χ2n) is 6.86. The van der Waals surface area contributed by atoms with Gasteiger partial charge in [0.2, 0.25) is 0 Å². The summed E-state index contributed by atoms with van der Waals surface area (Å²) in [6.45, 7) is 1.85. The molecule has 2 aliphatic heterocycles. The SMILES string of the molecule is O=C(O)N1CCC2(CC1)CN(Cc1ccc3ccccc3c1)C(=O)O2. The molecule has 25 heavy (non-hydrogen) atoms. The molecule has 0 unspecified atom stereocenters. The van der Waals surface area contributed by atoms with E-state index in [2.05, 4.69) is 24.3 Å². The van der Waals surface area contributed by atoms with Gasteiger partial charge in [-0.1, -0.05) is 36.4 Å². The average Bonchev–Trinajstić information content (AvgIpc) is 2.90. The monoisotopic (exact) mass is 340 g/mol. The van der Waals surface area contributed by atoms with E-state index >= 15 is 0 Å². The topological polar surface area (TPSA) is 70.1 Å². The van der Waals surface area contributed by atoms with Crippen LogP contribution in [0, 0.1) is 0 Å². The first kappa shape index (κ1) is 15.7. The number of carboxylic acid groups (broad SMARTS) is 1. The molecule has 130 valence electrons. The standard InChI is InChI=1S/C19H20N2O4/c22-17(23)20-9-7-19(8-10-20)13-21(18(24)25-19)12-14-5-6-15-3-1-2-4-16(15)11-14/h1-6,11H,7-10,12-13H2,(H,22,23). The minimum Gasteiger partial charge on any atom is -0.465 e. The molecule has 0 bridgehead atoms. The fraction of sp³-hybridized carbons (Fsp3) is 0.368. The number of nitrogens with zero attached hydrogens (tertiary/aromatic N) is 2. The molecule has 2 aromatic rings. The Bertz CT molecular complexity index is 827. The van der Waals surface area contributed by atoms with Gasteiger partial charge in [0.15, 0.2) is 0 Å². The van der Waals surface area contributed by atoms with Gasteiger partial charge in [-0.05, 0) is 22.4 Å². The molecule has 2 heterocycles.